The van der Waals surface area contributed by atoms with Gasteiger partial charge in [0, 0.05) is 12.2 Å². The van der Waals surface area contributed by atoms with Crippen molar-refractivity contribution < 1.29 is 37.7 Å². The predicted octanol–water partition coefficient (Wildman–Crippen LogP) is 1.83. The first-order chi connectivity index (χ1) is 10.2. The minimum Gasteiger partial charge on any atom is -0.480 e. The molecule has 0 saturated carbocycles. The van der Waals surface area contributed by atoms with E-state index in [1.54, 1.807) is 0 Å². The molecule has 2 rings (SSSR count). The molecule has 1 aromatic carbocycles. The maximum Gasteiger partial charge on any atom is 0.425 e. The molecule has 2 atom stereocenters. The van der Waals surface area contributed by atoms with Crippen LogP contribution in [0.5, 0.6) is 5.75 Å². The quantitative estimate of drug-likeness (QED) is 0.881. The molecule has 1 saturated heterocycles. The van der Waals surface area contributed by atoms with Crippen molar-refractivity contribution in [1.82, 2.24) is 0 Å². The fraction of sp³-hybridized carbons (Fsp3) is 0.462. The van der Waals surface area contributed by atoms with Gasteiger partial charge in [0.25, 0.3) is 0 Å². The summed E-state index contributed by atoms with van der Waals surface area (Å²) in [5, 5.41) is 18.7. The summed E-state index contributed by atoms with van der Waals surface area (Å²) in [4.78, 5) is 12.6. The number of benzene rings is 1. The van der Waals surface area contributed by atoms with Crippen molar-refractivity contribution in [3.05, 3.63) is 23.8 Å². The number of ether oxygens (including phenoxy) is 2. The zero-order valence-corrected chi connectivity index (χ0v) is 11.5. The average Bonchev–Trinajstić information content (AvgIpc) is 2.84. The highest BCUT2D eigenvalue weighted by Crippen LogP contribution is 2.31. The van der Waals surface area contributed by atoms with Gasteiger partial charge in [0.05, 0.1) is 6.61 Å². The van der Waals surface area contributed by atoms with E-state index < -0.39 is 36.0 Å². The van der Waals surface area contributed by atoms with Crippen LogP contribution in [0.4, 0.5) is 18.9 Å². The number of aliphatic hydroxyl groups is 1. The fourth-order valence-corrected chi connectivity index (χ4v) is 1.94. The first kappa shape index (κ1) is 16.4. The molecule has 6 nitrogen and oxygen atoms in total. The highest BCUT2D eigenvalue weighted by molar-refractivity contribution is 5.92. The number of hydrogen-bond donors (Lipinski definition) is 2. The summed E-state index contributed by atoms with van der Waals surface area (Å²) < 4.78 is 47.2. The molecule has 22 heavy (non-hydrogen) atoms. The zero-order valence-electron chi connectivity index (χ0n) is 11.5. The van der Waals surface area contributed by atoms with E-state index in [0.717, 1.165) is 19.1 Å². The first-order valence-electron chi connectivity index (χ1n) is 6.37. The number of halogens is 3. The third kappa shape index (κ3) is 3.42. The molecular formula is C13H14F3NO5. The van der Waals surface area contributed by atoms with Crippen LogP contribution in [-0.4, -0.2) is 48.0 Å². The van der Waals surface area contributed by atoms with E-state index in [1.165, 1.54) is 11.0 Å². The number of anilines is 1. The second-order valence-electron chi connectivity index (χ2n) is 4.68. The van der Waals surface area contributed by atoms with Crippen molar-refractivity contribution in [2.75, 3.05) is 18.1 Å². The summed E-state index contributed by atoms with van der Waals surface area (Å²) in [6, 6.07) is 3.63. The van der Waals surface area contributed by atoms with E-state index in [1.807, 2.05) is 0 Å². The Balaban J connectivity index is 2.30. The second-order valence-corrected chi connectivity index (χ2v) is 4.68. The van der Waals surface area contributed by atoms with Gasteiger partial charge >= 0.3 is 12.1 Å². The number of aliphatic hydroxyl groups excluding tert-OH is 1. The zero-order chi connectivity index (χ0) is 16.5. The number of aromatic carboxylic acids is 1. The molecule has 1 aliphatic rings. The topological polar surface area (TPSA) is 79.2 Å². The number of nitrogens with zero attached hydrogens (tertiary/aromatic N) is 1. The average molecular weight is 321 g/mol. The van der Waals surface area contributed by atoms with Crippen LogP contribution in [0.15, 0.2) is 18.2 Å². The normalized spacial score (nSPS) is 20.0. The Morgan fingerprint density at radius 3 is 2.68 bits per heavy atom. The lowest BCUT2D eigenvalue weighted by atomic mass is 10.1. The lowest BCUT2D eigenvalue weighted by Gasteiger charge is -2.23. The van der Waals surface area contributed by atoms with Crippen molar-refractivity contribution in [2.45, 2.75) is 25.6 Å². The molecule has 1 aromatic rings. The Hall–Kier alpha value is -2.00. The minimum atomic E-state index is -4.60. The maximum atomic E-state index is 12.5. The molecule has 2 unspecified atom stereocenters. The molecule has 0 spiro atoms. The standard InChI is InChI=1S/C13H14F3NO5/c1-7(13(14,15)16)22-10-3-2-8(6-9(10)11(18)19)17-4-5-21-12(17)20/h2-3,6-7,12,20H,4-5H2,1H3,(H,18,19). The highest BCUT2D eigenvalue weighted by atomic mass is 19.4. The van der Waals surface area contributed by atoms with E-state index in [4.69, 9.17) is 14.6 Å². The van der Waals surface area contributed by atoms with Gasteiger partial charge < -0.3 is 24.6 Å². The van der Waals surface area contributed by atoms with Crippen molar-refractivity contribution in [1.29, 1.82) is 0 Å². The fourth-order valence-electron chi connectivity index (χ4n) is 1.94. The highest BCUT2D eigenvalue weighted by Gasteiger charge is 2.38. The van der Waals surface area contributed by atoms with Crippen molar-refractivity contribution in [3.63, 3.8) is 0 Å². The summed E-state index contributed by atoms with van der Waals surface area (Å²) in [5.41, 5.74) is -0.109. The van der Waals surface area contributed by atoms with Crippen LogP contribution in [-0.2, 0) is 4.74 Å². The van der Waals surface area contributed by atoms with Gasteiger partial charge in [0.1, 0.15) is 11.3 Å². The number of rotatable bonds is 4. The van der Waals surface area contributed by atoms with Gasteiger partial charge in [-0.1, -0.05) is 0 Å². The Kier molecular flexibility index (Phi) is 4.47. The molecule has 2 N–H and O–H groups in total. The Bertz CT molecular complexity index is 563. The van der Waals surface area contributed by atoms with E-state index >= 15 is 0 Å². The number of carboxylic acid groups (broad SMARTS) is 1. The summed E-state index contributed by atoms with van der Waals surface area (Å²) in [7, 11) is 0. The Morgan fingerprint density at radius 2 is 2.18 bits per heavy atom. The molecule has 9 heteroatoms. The second kappa shape index (κ2) is 6.01. The lowest BCUT2D eigenvalue weighted by molar-refractivity contribution is -0.189. The molecular weight excluding hydrogens is 307 g/mol. The first-order valence-corrected chi connectivity index (χ1v) is 6.37. The summed E-state index contributed by atoms with van der Waals surface area (Å²) in [5.74, 6) is -1.82. The van der Waals surface area contributed by atoms with Gasteiger partial charge in [0.15, 0.2) is 6.10 Å². The van der Waals surface area contributed by atoms with Crippen LogP contribution >= 0.6 is 0 Å². The molecule has 0 bridgehead atoms. The van der Waals surface area contributed by atoms with Crippen LogP contribution in [0.2, 0.25) is 0 Å². The van der Waals surface area contributed by atoms with Gasteiger partial charge in [-0.25, -0.2) is 4.79 Å². The summed E-state index contributed by atoms with van der Waals surface area (Å²) >= 11 is 0. The van der Waals surface area contributed by atoms with Crippen LogP contribution < -0.4 is 9.64 Å². The molecule has 0 radical (unpaired) electrons. The largest absolute Gasteiger partial charge is 0.480 e. The van der Waals surface area contributed by atoms with E-state index in [-0.39, 0.29) is 6.61 Å². The van der Waals surface area contributed by atoms with Gasteiger partial charge in [0.2, 0.25) is 6.41 Å². The van der Waals surface area contributed by atoms with Crippen LogP contribution in [0.1, 0.15) is 17.3 Å². The predicted molar refractivity (Wildman–Crippen MR) is 68.9 cm³/mol. The summed E-state index contributed by atoms with van der Waals surface area (Å²) in [6.07, 6.45) is -7.97. The smallest absolute Gasteiger partial charge is 0.425 e. The third-order valence-corrected chi connectivity index (χ3v) is 3.16. The number of hydrogen-bond acceptors (Lipinski definition) is 5. The Morgan fingerprint density at radius 1 is 1.50 bits per heavy atom. The minimum absolute atomic E-state index is 0.257. The maximum absolute atomic E-state index is 12.5. The van der Waals surface area contributed by atoms with E-state index in [0.29, 0.717) is 12.2 Å². The van der Waals surface area contributed by atoms with Gasteiger partial charge in [-0.05, 0) is 25.1 Å². The van der Waals surface area contributed by atoms with Crippen LogP contribution in [0, 0.1) is 0 Å². The molecule has 122 valence electrons. The lowest BCUT2D eigenvalue weighted by Crippen LogP contribution is -2.32. The molecule has 0 amide bonds. The summed E-state index contributed by atoms with van der Waals surface area (Å²) in [6.45, 7) is 1.38. The van der Waals surface area contributed by atoms with Crippen molar-refractivity contribution in [2.24, 2.45) is 0 Å². The monoisotopic (exact) mass is 321 g/mol. The van der Waals surface area contributed by atoms with Crippen molar-refractivity contribution >= 4 is 11.7 Å². The molecule has 1 aliphatic heterocycles. The molecule has 0 aromatic heterocycles. The van der Waals surface area contributed by atoms with Crippen LogP contribution in [0.25, 0.3) is 0 Å². The number of alkyl halides is 3. The van der Waals surface area contributed by atoms with Gasteiger partial charge in [-0.3, -0.25) is 0 Å². The number of carbonyl (C=O) groups is 1. The van der Waals surface area contributed by atoms with Crippen molar-refractivity contribution in [3.8, 4) is 5.75 Å². The van der Waals surface area contributed by atoms with Gasteiger partial charge in [-0.2, -0.15) is 13.2 Å². The third-order valence-electron chi connectivity index (χ3n) is 3.16. The van der Waals surface area contributed by atoms with Crippen LogP contribution in [0.3, 0.4) is 0 Å². The Labute approximate surface area is 123 Å². The number of carboxylic acids is 1. The molecule has 1 fully saturated rings. The SMILES string of the molecule is CC(Oc1ccc(N2CCOC2O)cc1C(=O)O)C(F)(F)F. The molecule has 0 aliphatic carbocycles. The van der Waals surface area contributed by atoms with Gasteiger partial charge in [-0.15, -0.1) is 0 Å². The van der Waals surface area contributed by atoms with E-state index in [9.17, 15) is 23.1 Å². The van der Waals surface area contributed by atoms with E-state index in [2.05, 4.69) is 0 Å². The molecule has 1 heterocycles.